The first-order chi connectivity index (χ1) is 22.8. The lowest BCUT2D eigenvalue weighted by atomic mass is 9.95. The van der Waals surface area contributed by atoms with Crippen LogP contribution in [0.3, 0.4) is 0 Å². The summed E-state index contributed by atoms with van der Waals surface area (Å²) in [5, 5.41) is 17.7. The first-order valence-electron chi connectivity index (χ1n) is 16.5. The van der Waals surface area contributed by atoms with Crippen LogP contribution in [0.2, 0.25) is 0 Å². The fourth-order valence-corrected chi connectivity index (χ4v) is 8.17. The van der Waals surface area contributed by atoms with E-state index in [2.05, 4.69) is 10.3 Å². The third-order valence-electron chi connectivity index (χ3n) is 8.68. The zero-order valence-electron chi connectivity index (χ0n) is 28.7. The summed E-state index contributed by atoms with van der Waals surface area (Å²) in [4.78, 5) is 35.8. The molecule has 0 aliphatic carbocycles. The highest BCUT2D eigenvalue weighted by Crippen LogP contribution is 2.25. The third kappa shape index (κ3) is 9.34. The van der Waals surface area contributed by atoms with Crippen LogP contribution in [0, 0.1) is 18.8 Å². The smallest absolute Gasteiger partial charge is 0.321 e. The van der Waals surface area contributed by atoms with Gasteiger partial charge in [0, 0.05) is 31.6 Å². The quantitative estimate of drug-likeness (QED) is 0.211. The summed E-state index contributed by atoms with van der Waals surface area (Å²) in [7, 11) is -2.48. The maximum atomic E-state index is 14.2. The second-order valence-corrected chi connectivity index (χ2v) is 15.8. The number of sulfonamides is 1. The van der Waals surface area contributed by atoms with Gasteiger partial charge in [0.1, 0.15) is 11.8 Å². The van der Waals surface area contributed by atoms with Gasteiger partial charge in [0.15, 0.2) is 0 Å². The number of urea groups is 1. The van der Waals surface area contributed by atoms with Crippen molar-refractivity contribution in [3.05, 3.63) is 76.2 Å². The lowest BCUT2D eigenvalue weighted by Gasteiger charge is -2.35. The first-order valence-corrected chi connectivity index (χ1v) is 18.8. The lowest BCUT2D eigenvalue weighted by Crippen LogP contribution is -2.57. The van der Waals surface area contributed by atoms with Crippen LogP contribution in [0.15, 0.2) is 64.9 Å². The van der Waals surface area contributed by atoms with Crippen molar-refractivity contribution in [1.29, 1.82) is 0 Å². The molecule has 1 aliphatic heterocycles. The molecule has 0 spiro atoms. The number of rotatable bonds is 17. The van der Waals surface area contributed by atoms with Crippen molar-refractivity contribution in [3.63, 3.8) is 0 Å². The zero-order valence-corrected chi connectivity index (χ0v) is 30.3. The molecule has 3 aromatic rings. The molecule has 2 N–H and O–H groups in total. The van der Waals surface area contributed by atoms with E-state index >= 15 is 0 Å². The van der Waals surface area contributed by atoms with Crippen molar-refractivity contribution in [2.45, 2.75) is 77.1 Å². The van der Waals surface area contributed by atoms with Crippen LogP contribution in [-0.2, 0) is 27.8 Å². The summed E-state index contributed by atoms with van der Waals surface area (Å²) in [6.07, 6.45) is -0.332. The molecule has 4 atom stereocenters. The Balaban J connectivity index is 1.59. The van der Waals surface area contributed by atoms with Crippen LogP contribution < -0.4 is 10.1 Å². The summed E-state index contributed by atoms with van der Waals surface area (Å²) < 4.78 is 34.2. The van der Waals surface area contributed by atoms with E-state index < -0.39 is 28.2 Å². The molecule has 2 heterocycles. The van der Waals surface area contributed by atoms with Crippen LogP contribution in [0.5, 0.6) is 5.75 Å². The van der Waals surface area contributed by atoms with Gasteiger partial charge in [0.05, 0.1) is 41.4 Å². The fourth-order valence-electron chi connectivity index (χ4n) is 5.94. The predicted molar refractivity (Wildman–Crippen MR) is 187 cm³/mol. The minimum atomic E-state index is -3.99. The molecular formula is C35H49N5O6S2. The second kappa shape index (κ2) is 16.7. The highest BCUT2D eigenvalue weighted by molar-refractivity contribution is 7.89. The van der Waals surface area contributed by atoms with Crippen LogP contribution in [0.25, 0.3) is 0 Å². The Morgan fingerprint density at radius 2 is 1.77 bits per heavy atom. The minimum Gasteiger partial charge on any atom is -0.497 e. The van der Waals surface area contributed by atoms with Crippen molar-refractivity contribution in [1.82, 2.24) is 24.4 Å². The highest BCUT2D eigenvalue weighted by Gasteiger charge is 2.41. The van der Waals surface area contributed by atoms with Gasteiger partial charge in [-0.15, -0.1) is 11.3 Å². The number of carbonyl (C=O) groups excluding carboxylic acids is 2. The van der Waals surface area contributed by atoms with E-state index in [0.717, 1.165) is 16.3 Å². The Morgan fingerprint density at radius 1 is 1.08 bits per heavy atom. The van der Waals surface area contributed by atoms with Gasteiger partial charge in [-0.05, 0) is 55.0 Å². The molecule has 2 aromatic carbocycles. The van der Waals surface area contributed by atoms with Crippen molar-refractivity contribution in [2.75, 3.05) is 33.3 Å². The van der Waals surface area contributed by atoms with E-state index in [1.54, 1.807) is 21.9 Å². The lowest BCUT2D eigenvalue weighted by molar-refractivity contribution is -0.128. The van der Waals surface area contributed by atoms with E-state index in [-0.39, 0.29) is 48.2 Å². The molecule has 1 aromatic heterocycles. The molecule has 262 valence electrons. The monoisotopic (exact) mass is 699 g/mol. The van der Waals surface area contributed by atoms with Gasteiger partial charge in [0.25, 0.3) is 0 Å². The minimum absolute atomic E-state index is 0.0282. The van der Waals surface area contributed by atoms with E-state index in [9.17, 15) is 23.1 Å². The molecule has 48 heavy (non-hydrogen) atoms. The predicted octanol–water partition coefficient (Wildman–Crippen LogP) is 4.55. The maximum absolute atomic E-state index is 14.2. The van der Waals surface area contributed by atoms with Gasteiger partial charge in [-0.25, -0.2) is 18.2 Å². The molecule has 13 heteroatoms. The summed E-state index contributed by atoms with van der Waals surface area (Å²) in [5.41, 5.74) is 1.69. The van der Waals surface area contributed by atoms with E-state index in [0.29, 0.717) is 31.8 Å². The Morgan fingerprint density at radius 3 is 2.35 bits per heavy atom. The van der Waals surface area contributed by atoms with Crippen LogP contribution in [-0.4, -0.2) is 96.0 Å². The fraction of sp³-hybridized carbons (Fsp3) is 0.514. The molecule has 1 fully saturated rings. The number of carbonyl (C=O) groups is 2. The molecule has 4 rings (SSSR count). The molecular weight excluding hydrogens is 651 g/mol. The maximum Gasteiger partial charge on any atom is 0.321 e. The number of aliphatic hydroxyl groups excluding tert-OH is 1. The van der Waals surface area contributed by atoms with Gasteiger partial charge < -0.3 is 25.0 Å². The zero-order chi connectivity index (χ0) is 35.0. The molecule has 0 bridgehead atoms. The largest absolute Gasteiger partial charge is 0.497 e. The molecule has 11 nitrogen and oxygen atoms in total. The van der Waals surface area contributed by atoms with Gasteiger partial charge in [-0.3, -0.25) is 4.79 Å². The summed E-state index contributed by atoms with van der Waals surface area (Å²) in [6, 6.07) is 13.8. The number of thiazole rings is 1. The number of nitrogens with zero attached hydrogens (tertiary/aromatic N) is 4. The Labute approximate surface area is 289 Å². The van der Waals surface area contributed by atoms with Gasteiger partial charge in [-0.1, -0.05) is 64.4 Å². The number of amides is 3. The highest BCUT2D eigenvalue weighted by atomic mass is 32.2. The number of benzene rings is 2. The number of ether oxygens (including phenoxy) is 1. The number of hydrogen-bond donors (Lipinski definition) is 2. The van der Waals surface area contributed by atoms with E-state index in [4.69, 9.17) is 4.74 Å². The van der Waals surface area contributed by atoms with Crippen LogP contribution in [0.4, 0.5) is 4.79 Å². The summed E-state index contributed by atoms with van der Waals surface area (Å²) in [5.74, 6) is -0.0431. The molecule has 0 radical (unpaired) electrons. The molecule has 0 saturated carbocycles. The third-order valence-corrected chi connectivity index (χ3v) is 11.3. The van der Waals surface area contributed by atoms with Crippen molar-refractivity contribution in [2.24, 2.45) is 11.8 Å². The SMILES string of the molecule is CCC(C)C(C(=O)N[C@@H](Cc1ccccc1)[C@H](O)CN(CC(C)C)S(=O)(=O)c1ccc(OC)cc1)N1CCN(Cc2csc(C)n2)C1=O. The number of nitrogens with one attached hydrogen (secondary N) is 1. The number of hydrogen-bond acceptors (Lipinski definition) is 8. The Kier molecular flexibility index (Phi) is 13.0. The van der Waals surface area contributed by atoms with Crippen molar-refractivity contribution >= 4 is 33.3 Å². The van der Waals surface area contributed by atoms with Gasteiger partial charge in [-0.2, -0.15) is 4.31 Å². The van der Waals surface area contributed by atoms with E-state index in [1.165, 1.54) is 34.9 Å². The summed E-state index contributed by atoms with van der Waals surface area (Å²) >= 11 is 1.53. The Bertz CT molecular complexity index is 1600. The molecule has 1 aliphatic rings. The average Bonchev–Trinajstić information content (AvgIpc) is 3.64. The first kappa shape index (κ1) is 37.3. The summed E-state index contributed by atoms with van der Waals surface area (Å²) in [6.45, 7) is 10.8. The molecule has 3 amide bonds. The second-order valence-electron chi connectivity index (χ2n) is 12.8. The van der Waals surface area contributed by atoms with Crippen LogP contribution in [0.1, 0.15) is 50.4 Å². The number of aryl methyl sites for hydroxylation is 1. The van der Waals surface area contributed by atoms with Crippen molar-refractivity contribution in [3.8, 4) is 5.75 Å². The number of aliphatic hydroxyl groups is 1. The number of aromatic nitrogens is 1. The van der Waals surface area contributed by atoms with Gasteiger partial charge >= 0.3 is 6.03 Å². The Hall–Kier alpha value is -3.52. The van der Waals surface area contributed by atoms with E-state index in [1.807, 2.05) is 70.3 Å². The number of methoxy groups -OCH3 is 1. The van der Waals surface area contributed by atoms with Crippen molar-refractivity contribution < 1.29 is 27.9 Å². The molecule has 2 unspecified atom stereocenters. The average molecular weight is 700 g/mol. The topological polar surface area (TPSA) is 132 Å². The standard InChI is InChI=1S/C35H49N5O6S2/c1-7-25(4)33(40-18-17-38(35(40)43)21-28-23-47-26(5)36-28)34(42)37-31(19-27-11-9-8-10-12-27)32(41)22-39(20-24(2)3)48(44,45)30-15-13-29(46-6)14-16-30/h8-16,23-25,31-33,41H,7,17-22H2,1-6H3,(H,37,42)/t25?,31-,32+,33?/m0/s1. The van der Waals surface area contributed by atoms with Gasteiger partial charge in [0.2, 0.25) is 15.9 Å². The van der Waals surface area contributed by atoms with Crippen LogP contribution >= 0.6 is 11.3 Å². The normalized spacial score (nSPS) is 16.3. The molecule has 1 saturated heterocycles.